The van der Waals surface area contributed by atoms with E-state index in [0.717, 1.165) is 17.0 Å². The van der Waals surface area contributed by atoms with Crippen molar-refractivity contribution in [3.63, 3.8) is 0 Å². The van der Waals surface area contributed by atoms with Gasteiger partial charge in [0.15, 0.2) is 0 Å². The molecule has 0 aliphatic heterocycles. The summed E-state index contributed by atoms with van der Waals surface area (Å²) in [6, 6.07) is 14.7. The molecule has 3 rings (SSSR count). The molecule has 5 nitrogen and oxygen atoms in total. The van der Waals surface area contributed by atoms with Crippen molar-refractivity contribution in [3.8, 4) is 0 Å². The van der Waals surface area contributed by atoms with Crippen LogP contribution in [0.2, 0.25) is 0 Å². The molecule has 0 aliphatic carbocycles. The second-order valence-corrected chi connectivity index (χ2v) is 4.11. The summed E-state index contributed by atoms with van der Waals surface area (Å²) in [4.78, 5) is 20.5. The summed E-state index contributed by atoms with van der Waals surface area (Å²) in [5.41, 5.74) is 0.617. The minimum Gasteiger partial charge on any atom is -0.545 e. The second-order valence-electron chi connectivity index (χ2n) is 4.11. The zero-order valence-electron chi connectivity index (χ0n) is 12.8. The third-order valence-corrected chi connectivity index (χ3v) is 2.70. The summed E-state index contributed by atoms with van der Waals surface area (Å²) in [6.45, 7) is 0. The van der Waals surface area contributed by atoms with Gasteiger partial charge in [0, 0.05) is 5.39 Å². The molecule has 0 aliphatic rings. The van der Waals surface area contributed by atoms with Crippen LogP contribution in [0.25, 0.3) is 11.0 Å². The third-order valence-electron chi connectivity index (χ3n) is 2.70. The molecule has 0 spiro atoms. The van der Waals surface area contributed by atoms with Crippen molar-refractivity contribution in [1.29, 1.82) is 0 Å². The number of furan rings is 1. The van der Waals surface area contributed by atoms with Gasteiger partial charge in [-0.15, -0.1) is 0 Å². The Balaban J connectivity index is 0.000000397. The normalized spacial score (nSPS) is 8.87. The third kappa shape index (κ3) is 6.51. The summed E-state index contributed by atoms with van der Waals surface area (Å²) in [7, 11) is 0. The van der Waals surface area contributed by atoms with Gasteiger partial charge in [0.05, 0.1) is 18.2 Å². The number of carboxylic acid groups (broad SMARTS) is 2. The van der Waals surface area contributed by atoms with Crippen molar-refractivity contribution in [1.82, 2.24) is 0 Å². The van der Waals surface area contributed by atoms with Crippen LogP contribution in [0.1, 0.15) is 20.7 Å². The SMILES string of the molecule is O=C([O-])c1cccc(C(=O)[O-])c1.[Na+].[Na+].c1ccc2occc2c1. The summed E-state index contributed by atoms with van der Waals surface area (Å²) in [5.74, 6) is -2.81. The molecule has 0 amide bonds. The van der Waals surface area contributed by atoms with Crippen molar-refractivity contribution in [2.75, 3.05) is 0 Å². The van der Waals surface area contributed by atoms with Crippen LogP contribution in [0, 0.1) is 0 Å². The number of carbonyl (C=O) groups excluding carboxylic acids is 2. The fourth-order valence-corrected chi connectivity index (χ4v) is 1.68. The van der Waals surface area contributed by atoms with E-state index < -0.39 is 11.9 Å². The summed E-state index contributed by atoms with van der Waals surface area (Å²) < 4.78 is 5.12. The first kappa shape index (κ1) is 21.9. The van der Waals surface area contributed by atoms with Crippen LogP contribution in [0.15, 0.2) is 65.3 Å². The van der Waals surface area contributed by atoms with Gasteiger partial charge in [0.2, 0.25) is 0 Å². The van der Waals surface area contributed by atoms with Crippen molar-refractivity contribution in [2.45, 2.75) is 0 Å². The van der Waals surface area contributed by atoms with E-state index in [1.807, 2.05) is 30.3 Å². The monoisotopic (exact) mass is 328 g/mol. The Morgan fingerprint density at radius 1 is 0.783 bits per heavy atom. The molecule has 0 radical (unpaired) electrons. The molecule has 0 atom stereocenters. The topological polar surface area (TPSA) is 93.4 Å². The Labute approximate surface area is 176 Å². The molecule has 0 fully saturated rings. The van der Waals surface area contributed by atoms with E-state index in [-0.39, 0.29) is 70.2 Å². The number of carboxylic acids is 2. The number of aromatic carboxylic acids is 2. The zero-order valence-corrected chi connectivity index (χ0v) is 16.8. The van der Waals surface area contributed by atoms with Crippen LogP contribution < -0.4 is 69.3 Å². The predicted molar refractivity (Wildman–Crippen MR) is 71.3 cm³/mol. The Bertz CT molecular complexity index is 723. The molecule has 0 unspecified atom stereocenters. The van der Waals surface area contributed by atoms with E-state index in [9.17, 15) is 19.8 Å². The molecule has 3 aromatic rings. The number of benzene rings is 2. The van der Waals surface area contributed by atoms with Gasteiger partial charge in [-0.1, -0.05) is 36.4 Å². The minimum atomic E-state index is -1.40. The maximum absolute atomic E-state index is 10.3. The smallest absolute Gasteiger partial charge is 0.545 e. The van der Waals surface area contributed by atoms with Crippen LogP contribution >= 0.6 is 0 Å². The molecule has 1 heterocycles. The summed E-state index contributed by atoms with van der Waals surface area (Å²) in [6.07, 6.45) is 1.70. The van der Waals surface area contributed by atoms with Gasteiger partial charge in [0.25, 0.3) is 0 Å². The zero-order chi connectivity index (χ0) is 15.2. The van der Waals surface area contributed by atoms with Crippen LogP contribution in [0.5, 0.6) is 0 Å². The average Bonchev–Trinajstić information content (AvgIpc) is 2.96. The quantitative estimate of drug-likeness (QED) is 0.439. The molecule has 7 heteroatoms. The van der Waals surface area contributed by atoms with Crippen molar-refractivity contribution < 1.29 is 83.3 Å². The molecule has 0 saturated heterocycles. The van der Waals surface area contributed by atoms with Crippen LogP contribution in [0.4, 0.5) is 0 Å². The number of carbonyl (C=O) groups is 2. The molecular formula is C16H10Na2O5. The van der Waals surface area contributed by atoms with Crippen LogP contribution in [0.3, 0.4) is 0 Å². The van der Waals surface area contributed by atoms with Gasteiger partial charge in [0.1, 0.15) is 5.58 Å². The summed E-state index contributed by atoms with van der Waals surface area (Å²) >= 11 is 0. The molecular weight excluding hydrogens is 318 g/mol. The molecule has 0 bridgehead atoms. The number of hydrogen-bond donors (Lipinski definition) is 0. The number of para-hydroxylation sites is 1. The van der Waals surface area contributed by atoms with Gasteiger partial charge in [-0.05, 0) is 29.3 Å². The number of hydrogen-bond acceptors (Lipinski definition) is 5. The summed E-state index contributed by atoms with van der Waals surface area (Å²) in [5, 5.41) is 21.7. The second kappa shape index (κ2) is 10.6. The van der Waals surface area contributed by atoms with E-state index in [1.54, 1.807) is 6.26 Å². The van der Waals surface area contributed by atoms with Gasteiger partial charge < -0.3 is 24.2 Å². The van der Waals surface area contributed by atoms with Gasteiger partial charge >= 0.3 is 59.1 Å². The van der Waals surface area contributed by atoms with Crippen molar-refractivity contribution >= 4 is 22.9 Å². The Hall–Kier alpha value is -1.08. The first-order valence-electron chi connectivity index (χ1n) is 6.03. The Kier molecular flexibility index (Phi) is 10.1. The van der Waals surface area contributed by atoms with E-state index in [0.29, 0.717) is 0 Å². The fourth-order valence-electron chi connectivity index (χ4n) is 1.68. The molecule has 0 N–H and O–H groups in total. The maximum Gasteiger partial charge on any atom is 1.00 e. The van der Waals surface area contributed by atoms with Crippen LogP contribution in [-0.2, 0) is 0 Å². The van der Waals surface area contributed by atoms with Crippen molar-refractivity contribution in [3.05, 3.63) is 72.0 Å². The molecule has 0 saturated carbocycles. The van der Waals surface area contributed by atoms with Gasteiger partial charge in [-0.25, -0.2) is 0 Å². The predicted octanol–water partition coefficient (Wildman–Crippen LogP) is -5.15. The van der Waals surface area contributed by atoms with E-state index >= 15 is 0 Å². The van der Waals surface area contributed by atoms with Gasteiger partial charge in [-0.2, -0.15) is 0 Å². The van der Waals surface area contributed by atoms with E-state index in [2.05, 4.69) is 0 Å². The Morgan fingerprint density at radius 2 is 1.35 bits per heavy atom. The molecule has 106 valence electrons. The average molecular weight is 328 g/mol. The number of fused-ring (bicyclic) bond motifs is 1. The molecule has 1 aromatic heterocycles. The number of rotatable bonds is 2. The molecule has 2 aromatic carbocycles. The van der Waals surface area contributed by atoms with Crippen LogP contribution in [-0.4, -0.2) is 11.9 Å². The first-order chi connectivity index (χ1) is 10.1. The standard InChI is InChI=1S/C8H6O4.C8H6O.2Na/c9-7(10)5-2-1-3-6(4-5)8(11)12;1-2-4-8-7(3-1)5-6-9-8;;/h1-4H,(H,9,10)(H,11,12);1-6H;;/q;;2*+1/p-2. The first-order valence-corrected chi connectivity index (χ1v) is 6.03. The van der Waals surface area contributed by atoms with Crippen molar-refractivity contribution in [2.24, 2.45) is 0 Å². The maximum atomic E-state index is 10.3. The fraction of sp³-hybridized carbons (Fsp3) is 0. The Morgan fingerprint density at radius 3 is 1.87 bits per heavy atom. The molecule has 23 heavy (non-hydrogen) atoms. The van der Waals surface area contributed by atoms with E-state index in [4.69, 9.17) is 4.42 Å². The van der Waals surface area contributed by atoms with E-state index in [1.165, 1.54) is 18.2 Å². The largest absolute Gasteiger partial charge is 1.00 e. The van der Waals surface area contributed by atoms with Gasteiger partial charge in [-0.3, -0.25) is 0 Å². The minimum absolute atomic E-state index is 0.